The van der Waals surface area contributed by atoms with E-state index in [2.05, 4.69) is 10.3 Å². The molecule has 1 saturated carbocycles. The van der Waals surface area contributed by atoms with Gasteiger partial charge in [-0.15, -0.1) is 0 Å². The highest BCUT2D eigenvalue weighted by Crippen LogP contribution is 2.27. The Hall–Kier alpha value is -2.50. The summed E-state index contributed by atoms with van der Waals surface area (Å²) in [6, 6.07) is 3.93. The van der Waals surface area contributed by atoms with E-state index in [1.54, 1.807) is 24.4 Å². The molecule has 0 bridgehead atoms. The number of carboxylic acids is 1. The number of rotatable bonds is 6. The molecule has 1 amide bonds. The monoisotopic (exact) mass is 330 g/mol. The summed E-state index contributed by atoms with van der Waals surface area (Å²) in [6.07, 6.45) is 6.70. The average molecular weight is 330 g/mol. The van der Waals surface area contributed by atoms with E-state index >= 15 is 0 Å². The van der Waals surface area contributed by atoms with Gasteiger partial charge >= 0.3 is 5.97 Å². The van der Waals surface area contributed by atoms with Crippen LogP contribution >= 0.6 is 0 Å². The fourth-order valence-corrected chi connectivity index (χ4v) is 3.49. The summed E-state index contributed by atoms with van der Waals surface area (Å²) in [7, 11) is 0. The first kappa shape index (κ1) is 16.4. The van der Waals surface area contributed by atoms with Crippen molar-refractivity contribution in [1.82, 2.24) is 10.3 Å². The van der Waals surface area contributed by atoms with Crippen LogP contribution in [0.15, 0.2) is 24.4 Å². The number of phenolic OH excluding ortho intramolecular Hbond substituents is 1. The Kier molecular flexibility index (Phi) is 4.74. The van der Waals surface area contributed by atoms with Crippen LogP contribution in [-0.4, -0.2) is 33.1 Å². The van der Waals surface area contributed by atoms with E-state index in [1.165, 1.54) is 0 Å². The van der Waals surface area contributed by atoms with Crippen LogP contribution in [0.2, 0.25) is 0 Å². The quantitative estimate of drug-likeness (QED) is 0.653. The van der Waals surface area contributed by atoms with Crippen LogP contribution in [0.5, 0.6) is 5.75 Å². The molecule has 2 aromatic rings. The van der Waals surface area contributed by atoms with Crippen molar-refractivity contribution < 1.29 is 19.8 Å². The summed E-state index contributed by atoms with van der Waals surface area (Å²) in [5.74, 6) is -0.744. The lowest BCUT2D eigenvalue weighted by molar-refractivity contribution is -0.141. The molecule has 0 spiro atoms. The molecule has 1 aliphatic rings. The molecular weight excluding hydrogens is 308 g/mol. The number of carbonyl (C=O) groups excluding carboxylic acids is 1. The minimum absolute atomic E-state index is 0.125. The Labute approximate surface area is 139 Å². The second-order valence-corrected chi connectivity index (χ2v) is 6.56. The Morgan fingerprint density at radius 1 is 1.29 bits per heavy atom. The van der Waals surface area contributed by atoms with Crippen LogP contribution < -0.4 is 5.32 Å². The van der Waals surface area contributed by atoms with Crippen molar-refractivity contribution in [3.05, 3.63) is 30.0 Å². The highest BCUT2D eigenvalue weighted by molar-refractivity contribution is 5.87. The van der Waals surface area contributed by atoms with Gasteiger partial charge in [-0.05, 0) is 42.5 Å². The molecule has 1 aromatic carbocycles. The summed E-state index contributed by atoms with van der Waals surface area (Å²) in [6.45, 7) is 0. The van der Waals surface area contributed by atoms with Gasteiger partial charge in [0, 0.05) is 29.9 Å². The molecule has 1 atom stereocenters. The maximum Gasteiger partial charge on any atom is 0.326 e. The molecule has 0 radical (unpaired) electrons. The predicted molar refractivity (Wildman–Crippen MR) is 89.8 cm³/mol. The van der Waals surface area contributed by atoms with E-state index in [-0.39, 0.29) is 18.1 Å². The minimum atomic E-state index is -1.05. The first-order valence-electron chi connectivity index (χ1n) is 8.34. The third-order valence-electron chi connectivity index (χ3n) is 4.76. The molecule has 3 rings (SSSR count). The van der Waals surface area contributed by atoms with Crippen LogP contribution in [0.4, 0.5) is 0 Å². The number of H-pyrrole nitrogens is 1. The number of hydrogen-bond donors (Lipinski definition) is 4. The van der Waals surface area contributed by atoms with Gasteiger partial charge in [0.05, 0.1) is 0 Å². The number of aromatic nitrogens is 1. The number of aromatic amines is 1. The van der Waals surface area contributed by atoms with E-state index in [9.17, 15) is 19.8 Å². The van der Waals surface area contributed by atoms with E-state index in [0.29, 0.717) is 12.3 Å². The molecular formula is C18H22N2O4. The smallest absolute Gasteiger partial charge is 0.326 e. The van der Waals surface area contributed by atoms with Crippen molar-refractivity contribution >= 4 is 22.8 Å². The molecule has 128 valence electrons. The highest BCUT2D eigenvalue weighted by atomic mass is 16.4. The lowest BCUT2D eigenvalue weighted by Crippen LogP contribution is -2.42. The second kappa shape index (κ2) is 6.95. The van der Waals surface area contributed by atoms with Crippen LogP contribution in [0.3, 0.4) is 0 Å². The van der Waals surface area contributed by atoms with Gasteiger partial charge in [-0.1, -0.05) is 12.8 Å². The maximum atomic E-state index is 12.1. The number of benzene rings is 1. The van der Waals surface area contributed by atoms with Crippen LogP contribution in [0, 0.1) is 5.92 Å². The second-order valence-electron chi connectivity index (χ2n) is 6.56. The summed E-state index contributed by atoms with van der Waals surface area (Å²) in [5, 5.41) is 22.5. The Morgan fingerprint density at radius 3 is 2.75 bits per heavy atom. The molecule has 0 saturated heterocycles. The maximum absolute atomic E-state index is 12.1. The predicted octanol–water partition coefficient (Wildman–Crippen LogP) is 2.57. The lowest BCUT2D eigenvalue weighted by atomic mass is 10.0. The van der Waals surface area contributed by atoms with Gasteiger partial charge in [0.15, 0.2) is 0 Å². The number of carbonyl (C=O) groups is 2. The topological polar surface area (TPSA) is 102 Å². The van der Waals surface area contributed by atoms with Gasteiger partial charge in [-0.25, -0.2) is 4.79 Å². The van der Waals surface area contributed by atoms with Crippen LogP contribution in [-0.2, 0) is 16.0 Å². The SMILES string of the molecule is O=C(CC1CCCC1)N[C@@H](Cc1c[nH]c2ccc(O)cc12)C(=O)O. The minimum Gasteiger partial charge on any atom is -0.508 e. The van der Waals surface area contributed by atoms with Crippen LogP contribution in [0.1, 0.15) is 37.7 Å². The summed E-state index contributed by atoms with van der Waals surface area (Å²) >= 11 is 0. The number of aromatic hydroxyl groups is 1. The molecule has 1 aliphatic carbocycles. The van der Waals surface area contributed by atoms with E-state index in [0.717, 1.165) is 42.1 Å². The third kappa shape index (κ3) is 3.69. The zero-order chi connectivity index (χ0) is 17.1. The van der Waals surface area contributed by atoms with Gasteiger partial charge in [-0.2, -0.15) is 0 Å². The molecule has 1 aromatic heterocycles. The molecule has 1 heterocycles. The van der Waals surface area contributed by atoms with Gasteiger partial charge in [0.1, 0.15) is 11.8 Å². The van der Waals surface area contributed by atoms with E-state index < -0.39 is 12.0 Å². The number of carboxylic acid groups (broad SMARTS) is 1. The Bertz CT molecular complexity index is 747. The van der Waals surface area contributed by atoms with Gasteiger partial charge in [0.25, 0.3) is 0 Å². The lowest BCUT2D eigenvalue weighted by Gasteiger charge is -2.16. The number of amides is 1. The summed E-state index contributed by atoms with van der Waals surface area (Å²) < 4.78 is 0. The van der Waals surface area contributed by atoms with Gasteiger partial charge < -0.3 is 20.5 Å². The molecule has 0 unspecified atom stereocenters. The molecule has 4 N–H and O–H groups in total. The zero-order valence-electron chi connectivity index (χ0n) is 13.4. The van der Waals surface area contributed by atoms with Crippen molar-refractivity contribution in [2.24, 2.45) is 5.92 Å². The van der Waals surface area contributed by atoms with Gasteiger partial charge in [0.2, 0.25) is 5.91 Å². The summed E-state index contributed by atoms with van der Waals surface area (Å²) in [5.41, 5.74) is 1.58. The first-order chi connectivity index (χ1) is 11.5. The molecule has 1 fully saturated rings. The number of nitrogens with one attached hydrogen (secondary N) is 2. The van der Waals surface area contributed by atoms with Crippen LogP contribution in [0.25, 0.3) is 10.9 Å². The van der Waals surface area contributed by atoms with Crippen molar-refractivity contribution in [2.45, 2.75) is 44.6 Å². The Morgan fingerprint density at radius 2 is 2.04 bits per heavy atom. The zero-order valence-corrected chi connectivity index (χ0v) is 13.4. The average Bonchev–Trinajstić information content (AvgIpc) is 3.16. The molecule has 6 nitrogen and oxygen atoms in total. The van der Waals surface area contributed by atoms with Crippen molar-refractivity contribution in [3.63, 3.8) is 0 Å². The van der Waals surface area contributed by atoms with Crippen molar-refractivity contribution in [3.8, 4) is 5.75 Å². The van der Waals surface area contributed by atoms with Crippen molar-refractivity contribution in [2.75, 3.05) is 0 Å². The van der Waals surface area contributed by atoms with Crippen molar-refractivity contribution in [1.29, 1.82) is 0 Å². The number of fused-ring (bicyclic) bond motifs is 1. The first-order valence-corrected chi connectivity index (χ1v) is 8.34. The van der Waals surface area contributed by atoms with Gasteiger partial charge in [-0.3, -0.25) is 4.79 Å². The molecule has 24 heavy (non-hydrogen) atoms. The van der Waals surface area contributed by atoms with E-state index in [1.807, 2.05) is 0 Å². The summed E-state index contributed by atoms with van der Waals surface area (Å²) in [4.78, 5) is 26.7. The number of phenols is 1. The largest absolute Gasteiger partial charge is 0.508 e. The number of aliphatic carboxylic acids is 1. The Balaban J connectivity index is 1.69. The normalized spacial score (nSPS) is 16.3. The fourth-order valence-electron chi connectivity index (χ4n) is 3.49. The molecule has 0 aliphatic heterocycles. The van der Waals surface area contributed by atoms with E-state index in [4.69, 9.17) is 0 Å². The fraction of sp³-hybridized carbons (Fsp3) is 0.444. The number of hydrogen-bond acceptors (Lipinski definition) is 3. The molecule has 6 heteroatoms. The standard InChI is InChI=1S/C18H22N2O4/c21-13-5-6-15-14(9-13)12(10-19-15)8-16(18(23)24)20-17(22)7-11-3-1-2-4-11/h5-6,9-11,16,19,21H,1-4,7-8H2,(H,20,22)(H,23,24)/t16-/m0/s1. The third-order valence-corrected chi connectivity index (χ3v) is 4.76. The highest BCUT2D eigenvalue weighted by Gasteiger charge is 2.24.